The number of rotatable bonds is 6. The van der Waals surface area contributed by atoms with Gasteiger partial charge in [0.2, 0.25) is 11.8 Å². The van der Waals surface area contributed by atoms with E-state index in [0.717, 1.165) is 17.7 Å². The molecule has 1 aliphatic rings. The van der Waals surface area contributed by atoms with Crippen LogP contribution in [-0.4, -0.2) is 71.4 Å². The summed E-state index contributed by atoms with van der Waals surface area (Å²) in [6.07, 6.45) is 1.39. The minimum atomic E-state index is -1.40. The third kappa shape index (κ3) is 5.28. The number of nitrogens with two attached hydrogens (primary N) is 1. The summed E-state index contributed by atoms with van der Waals surface area (Å²) in [5, 5.41) is 11.1. The molecule has 1 saturated heterocycles. The van der Waals surface area contributed by atoms with Gasteiger partial charge in [0.1, 0.15) is 12.6 Å². The van der Waals surface area contributed by atoms with E-state index in [-0.39, 0.29) is 12.5 Å². The van der Waals surface area contributed by atoms with E-state index >= 15 is 0 Å². The number of urea groups is 1. The second-order valence-electron chi connectivity index (χ2n) is 4.95. The van der Waals surface area contributed by atoms with E-state index in [4.69, 9.17) is 10.8 Å². The maximum Gasteiger partial charge on any atom is 0.326 e. The number of likely N-dealkylation sites (tertiary alicyclic amines) is 1. The van der Waals surface area contributed by atoms with Crippen molar-refractivity contribution in [2.45, 2.75) is 25.3 Å². The van der Waals surface area contributed by atoms with Crippen molar-refractivity contribution in [3.8, 4) is 0 Å². The Morgan fingerprint density at radius 3 is 2.33 bits per heavy atom. The lowest BCUT2D eigenvalue weighted by Gasteiger charge is -2.23. The summed E-state index contributed by atoms with van der Waals surface area (Å²) in [6.45, 7) is 1.20. The molecular weight excluding hydrogens is 280 g/mol. The highest BCUT2D eigenvalue weighted by Crippen LogP contribution is 2.07. The second kappa shape index (κ2) is 7.46. The number of hydrogen-bond acceptors (Lipinski definition) is 4. The molecule has 9 heteroatoms. The van der Waals surface area contributed by atoms with Gasteiger partial charge in [-0.05, 0) is 12.8 Å². The summed E-state index contributed by atoms with van der Waals surface area (Å²) in [5.41, 5.74) is 4.92. The van der Waals surface area contributed by atoms with Gasteiger partial charge in [-0.2, -0.15) is 0 Å². The fourth-order valence-electron chi connectivity index (χ4n) is 2.00. The lowest BCUT2D eigenvalue weighted by molar-refractivity contribution is -0.140. The van der Waals surface area contributed by atoms with Crippen LogP contribution in [0.1, 0.15) is 19.3 Å². The molecule has 0 spiro atoms. The molecular formula is C12H20N4O5. The lowest BCUT2D eigenvalue weighted by Crippen LogP contribution is -2.50. The van der Waals surface area contributed by atoms with Crippen LogP contribution in [0.15, 0.2) is 0 Å². The Morgan fingerprint density at radius 2 is 1.86 bits per heavy atom. The molecule has 1 aliphatic heterocycles. The van der Waals surface area contributed by atoms with Crippen LogP contribution in [0.2, 0.25) is 0 Å². The Hall–Kier alpha value is -2.32. The Morgan fingerprint density at radius 1 is 1.29 bits per heavy atom. The summed E-state index contributed by atoms with van der Waals surface area (Å²) < 4.78 is 0. The average Bonchev–Trinajstić information content (AvgIpc) is 2.90. The van der Waals surface area contributed by atoms with E-state index in [1.165, 1.54) is 7.05 Å². The lowest BCUT2D eigenvalue weighted by atomic mass is 10.2. The molecule has 0 aliphatic carbocycles. The van der Waals surface area contributed by atoms with Crippen molar-refractivity contribution in [1.82, 2.24) is 15.1 Å². The van der Waals surface area contributed by atoms with Gasteiger partial charge >= 0.3 is 12.0 Å². The fourth-order valence-corrected chi connectivity index (χ4v) is 2.00. The molecule has 1 heterocycles. The molecule has 0 bridgehead atoms. The molecule has 0 saturated carbocycles. The number of primary amides is 1. The van der Waals surface area contributed by atoms with Crippen molar-refractivity contribution in [1.29, 1.82) is 0 Å². The summed E-state index contributed by atoms with van der Waals surface area (Å²) in [6, 6.07) is -2.14. The quantitative estimate of drug-likeness (QED) is 0.553. The highest BCUT2D eigenvalue weighted by Gasteiger charge is 2.26. The molecule has 21 heavy (non-hydrogen) atoms. The molecule has 0 aromatic carbocycles. The molecule has 0 aromatic heterocycles. The van der Waals surface area contributed by atoms with E-state index in [0.29, 0.717) is 13.1 Å². The largest absolute Gasteiger partial charge is 0.480 e. The molecule has 0 aromatic rings. The normalized spacial score (nSPS) is 15.4. The monoisotopic (exact) mass is 300 g/mol. The number of hydrogen-bond donors (Lipinski definition) is 3. The van der Waals surface area contributed by atoms with Gasteiger partial charge in [0.25, 0.3) is 0 Å². The first-order valence-corrected chi connectivity index (χ1v) is 6.61. The number of carboxylic acid groups (broad SMARTS) is 1. The van der Waals surface area contributed by atoms with Gasteiger partial charge in [-0.3, -0.25) is 9.59 Å². The van der Waals surface area contributed by atoms with Crippen LogP contribution in [0.3, 0.4) is 0 Å². The van der Waals surface area contributed by atoms with Crippen molar-refractivity contribution in [2.24, 2.45) is 5.73 Å². The number of nitrogens with one attached hydrogen (secondary N) is 1. The van der Waals surface area contributed by atoms with Crippen LogP contribution in [0.5, 0.6) is 0 Å². The zero-order valence-corrected chi connectivity index (χ0v) is 11.9. The Balaban J connectivity index is 2.50. The third-order valence-corrected chi connectivity index (χ3v) is 3.18. The minimum absolute atomic E-state index is 0.144. The van der Waals surface area contributed by atoms with Crippen molar-refractivity contribution < 1.29 is 24.3 Å². The smallest absolute Gasteiger partial charge is 0.326 e. The number of carbonyl (C=O) groups excluding carboxylic acids is 3. The highest BCUT2D eigenvalue weighted by molar-refractivity contribution is 5.89. The Bertz CT molecular complexity index is 433. The highest BCUT2D eigenvalue weighted by atomic mass is 16.4. The van der Waals surface area contributed by atoms with Crippen molar-refractivity contribution >= 4 is 23.8 Å². The first-order valence-electron chi connectivity index (χ1n) is 6.61. The zero-order chi connectivity index (χ0) is 16.0. The average molecular weight is 300 g/mol. The predicted octanol–water partition coefficient (Wildman–Crippen LogP) is -1.42. The Labute approximate surface area is 122 Å². The Kier molecular flexibility index (Phi) is 5.94. The second-order valence-corrected chi connectivity index (χ2v) is 4.95. The van der Waals surface area contributed by atoms with Crippen LogP contribution in [0.25, 0.3) is 0 Å². The number of carbonyl (C=O) groups is 4. The number of aliphatic carboxylic acids is 1. The number of likely N-dealkylation sites (N-methyl/N-ethyl adjacent to an activating group) is 1. The van der Waals surface area contributed by atoms with Crippen LogP contribution >= 0.6 is 0 Å². The van der Waals surface area contributed by atoms with Gasteiger partial charge in [-0.1, -0.05) is 0 Å². The van der Waals surface area contributed by atoms with E-state index in [1.54, 1.807) is 4.90 Å². The summed E-state index contributed by atoms with van der Waals surface area (Å²) in [4.78, 5) is 48.1. The van der Waals surface area contributed by atoms with Gasteiger partial charge < -0.3 is 26.0 Å². The van der Waals surface area contributed by atoms with Crippen LogP contribution in [0.4, 0.5) is 4.79 Å². The van der Waals surface area contributed by atoms with Crippen molar-refractivity contribution in [2.75, 3.05) is 26.7 Å². The SMILES string of the molecule is CN(CC(=O)N1CCCC1)C(=O)N[C@H](CC(N)=O)C(=O)O. The molecule has 9 nitrogen and oxygen atoms in total. The number of carboxylic acids is 1. The maximum absolute atomic E-state index is 11.9. The topological polar surface area (TPSA) is 133 Å². The standard InChI is InChI=1S/C12H20N4O5/c1-15(7-10(18)16-4-2-3-5-16)12(21)14-8(11(19)20)6-9(13)17/h8H,2-7H2,1H3,(H2,13,17)(H,14,21)(H,19,20)/t8-/m1/s1. The number of nitrogens with zero attached hydrogens (tertiary/aromatic N) is 2. The molecule has 0 radical (unpaired) electrons. The van der Waals surface area contributed by atoms with Gasteiger partial charge in [0.05, 0.1) is 6.42 Å². The summed E-state index contributed by atoms with van der Waals surface area (Å²) in [7, 11) is 1.38. The molecule has 4 N–H and O–H groups in total. The van der Waals surface area contributed by atoms with Gasteiger partial charge in [0.15, 0.2) is 0 Å². The van der Waals surface area contributed by atoms with E-state index < -0.39 is 30.4 Å². The van der Waals surface area contributed by atoms with Crippen LogP contribution in [0, 0.1) is 0 Å². The molecule has 0 unspecified atom stereocenters. The van der Waals surface area contributed by atoms with E-state index in [2.05, 4.69) is 5.32 Å². The molecule has 1 rings (SSSR count). The molecule has 1 atom stereocenters. The summed E-state index contributed by atoms with van der Waals surface area (Å²) in [5.74, 6) is -2.38. The predicted molar refractivity (Wildman–Crippen MR) is 72.2 cm³/mol. The molecule has 1 fully saturated rings. The molecule has 118 valence electrons. The van der Waals surface area contributed by atoms with Gasteiger partial charge in [0, 0.05) is 20.1 Å². The van der Waals surface area contributed by atoms with Gasteiger partial charge in [-0.25, -0.2) is 9.59 Å². The first-order chi connectivity index (χ1) is 9.81. The zero-order valence-electron chi connectivity index (χ0n) is 11.9. The van der Waals surface area contributed by atoms with E-state index in [1.807, 2.05) is 0 Å². The van der Waals surface area contributed by atoms with Crippen molar-refractivity contribution in [3.05, 3.63) is 0 Å². The van der Waals surface area contributed by atoms with Gasteiger partial charge in [-0.15, -0.1) is 0 Å². The van der Waals surface area contributed by atoms with Crippen LogP contribution in [-0.2, 0) is 14.4 Å². The summed E-state index contributed by atoms with van der Waals surface area (Å²) >= 11 is 0. The fraction of sp³-hybridized carbons (Fsp3) is 0.667. The van der Waals surface area contributed by atoms with Crippen LogP contribution < -0.4 is 11.1 Å². The minimum Gasteiger partial charge on any atom is -0.480 e. The maximum atomic E-state index is 11.9. The number of amides is 4. The third-order valence-electron chi connectivity index (χ3n) is 3.18. The molecule has 4 amide bonds. The van der Waals surface area contributed by atoms with E-state index in [9.17, 15) is 19.2 Å². The van der Waals surface area contributed by atoms with Crippen molar-refractivity contribution in [3.63, 3.8) is 0 Å². The first kappa shape index (κ1) is 16.7.